The Labute approximate surface area is 123 Å². The van der Waals surface area contributed by atoms with Crippen LogP contribution in [0.3, 0.4) is 0 Å². The highest BCUT2D eigenvalue weighted by molar-refractivity contribution is 6.32. The zero-order chi connectivity index (χ0) is 14.5. The zero-order valence-corrected chi connectivity index (χ0v) is 12.7. The van der Waals surface area contributed by atoms with Crippen molar-refractivity contribution in [1.82, 2.24) is 20.4 Å². The third-order valence-electron chi connectivity index (χ3n) is 3.10. The quantitative estimate of drug-likeness (QED) is 0.887. The molecule has 1 unspecified atom stereocenters. The summed E-state index contributed by atoms with van der Waals surface area (Å²) in [6, 6.07) is 3.84. The van der Waals surface area contributed by atoms with Gasteiger partial charge in [0.05, 0.1) is 5.02 Å². The minimum atomic E-state index is 0.313. The summed E-state index contributed by atoms with van der Waals surface area (Å²) < 4.78 is 5.30. The summed E-state index contributed by atoms with van der Waals surface area (Å²) >= 11 is 6.08. The van der Waals surface area contributed by atoms with Crippen LogP contribution < -0.4 is 5.32 Å². The summed E-state index contributed by atoms with van der Waals surface area (Å²) in [7, 11) is 0. The highest BCUT2D eigenvalue weighted by atomic mass is 35.5. The van der Waals surface area contributed by atoms with Gasteiger partial charge in [-0.2, -0.15) is 4.98 Å². The summed E-state index contributed by atoms with van der Waals surface area (Å²) in [5.74, 6) is 1.52. The van der Waals surface area contributed by atoms with E-state index < -0.39 is 0 Å². The molecule has 2 aromatic heterocycles. The van der Waals surface area contributed by atoms with Crippen LogP contribution in [0.15, 0.2) is 22.9 Å². The summed E-state index contributed by atoms with van der Waals surface area (Å²) in [6.07, 6.45) is 2.36. The van der Waals surface area contributed by atoms with Crippen molar-refractivity contribution in [2.24, 2.45) is 5.92 Å². The highest BCUT2D eigenvalue weighted by Gasteiger charge is 2.18. The summed E-state index contributed by atoms with van der Waals surface area (Å²) in [4.78, 5) is 8.56. The number of aromatic nitrogens is 3. The molecular formula is C14H19ClN4O. The molecule has 1 N–H and O–H groups in total. The Hall–Kier alpha value is -1.46. The van der Waals surface area contributed by atoms with Crippen LogP contribution in [0.2, 0.25) is 5.02 Å². The third kappa shape index (κ3) is 3.55. The van der Waals surface area contributed by atoms with Crippen molar-refractivity contribution in [3.8, 4) is 11.5 Å². The Morgan fingerprint density at radius 2 is 2.20 bits per heavy atom. The second-order valence-corrected chi connectivity index (χ2v) is 5.37. The van der Waals surface area contributed by atoms with Gasteiger partial charge >= 0.3 is 0 Å². The summed E-state index contributed by atoms with van der Waals surface area (Å²) in [6.45, 7) is 7.33. The van der Waals surface area contributed by atoms with Gasteiger partial charge < -0.3 is 9.84 Å². The van der Waals surface area contributed by atoms with Crippen LogP contribution in [0.1, 0.15) is 26.7 Å². The van der Waals surface area contributed by atoms with Gasteiger partial charge in [0.25, 0.3) is 0 Å². The van der Waals surface area contributed by atoms with E-state index in [0.29, 0.717) is 40.8 Å². The molecule has 108 valence electrons. The smallest absolute Gasteiger partial charge is 0.228 e. The molecule has 0 radical (unpaired) electrons. The Balaban J connectivity index is 2.15. The number of hydrogen-bond donors (Lipinski definition) is 1. The minimum Gasteiger partial charge on any atom is -0.339 e. The number of rotatable bonds is 6. The van der Waals surface area contributed by atoms with Gasteiger partial charge in [-0.3, -0.25) is 4.98 Å². The summed E-state index contributed by atoms with van der Waals surface area (Å²) in [5.41, 5.74) is 0.550. The Bertz CT molecular complexity index is 556. The molecule has 0 aliphatic carbocycles. The maximum Gasteiger partial charge on any atom is 0.228 e. The Kier molecular flexibility index (Phi) is 5.09. The van der Waals surface area contributed by atoms with Gasteiger partial charge in [0.15, 0.2) is 0 Å². The van der Waals surface area contributed by atoms with E-state index in [1.807, 2.05) is 0 Å². The first-order valence-corrected chi connectivity index (χ1v) is 7.16. The van der Waals surface area contributed by atoms with Gasteiger partial charge in [0.2, 0.25) is 11.7 Å². The van der Waals surface area contributed by atoms with Crippen molar-refractivity contribution < 1.29 is 4.52 Å². The molecule has 0 aliphatic rings. The minimum absolute atomic E-state index is 0.313. The average Bonchev–Trinajstić information content (AvgIpc) is 2.87. The molecule has 6 heteroatoms. The van der Waals surface area contributed by atoms with Gasteiger partial charge in [-0.25, -0.2) is 0 Å². The standard InChI is InChI=1S/C14H19ClN4O/c1-4-16-11(9(2)3)8-12-18-14(19-20-12)13-10(15)6-5-7-17-13/h5-7,9,11,16H,4,8H2,1-3H3. The van der Waals surface area contributed by atoms with Crippen molar-refractivity contribution in [2.75, 3.05) is 6.54 Å². The van der Waals surface area contributed by atoms with Crippen molar-refractivity contribution in [3.63, 3.8) is 0 Å². The van der Waals surface area contributed by atoms with Gasteiger partial charge in [-0.1, -0.05) is 37.5 Å². The lowest BCUT2D eigenvalue weighted by molar-refractivity contribution is 0.329. The Morgan fingerprint density at radius 1 is 1.40 bits per heavy atom. The maximum absolute atomic E-state index is 6.08. The fraction of sp³-hybridized carbons (Fsp3) is 0.500. The van der Waals surface area contributed by atoms with E-state index in [2.05, 4.69) is 41.2 Å². The SMILES string of the molecule is CCNC(Cc1nc(-c2ncccc2Cl)no1)C(C)C. The molecule has 0 saturated heterocycles. The lowest BCUT2D eigenvalue weighted by Gasteiger charge is -2.19. The van der Waals surface area contributed by atoms with Crippen LogP contribution in [0, 0.1) is 5.92 Å². The largest absolute Gasteiger partial charge is 0.339 e. The second-order valence-electron chi connectivity index (χ2n) is 4.96. The molecule has 0 aliphatic heterocycles. The van der Waals surface area contributed by atoms with E-state index in [4.69, 9.17) is 16.1 Å². The molecule has 0 spiro atoms. The lowest BCUT2D eigenvalue weighted by atomic mass is 10.0. The van der Waals surface area contributed by atoms with Crippen molar-refractivity contribution >= 4 is 11.6 Å². The molecule has 0 saturated carbocycles. The number of nitrogens with zero attached hydrogens (tertiary/aromatic N) is 3. The molecule has 5 nitrogen and oxygen atoms in total. The fourth-order valence-corrected chi connectivity index (χ4v) is 2.18. The Morgan fingerprint density at radius 3 is 2.85 bits per heavy atom. The topological polar surface area (TPSA) is 63.8 Å². The summed E-state index contributed by atoms with van der Waals surface area (Å²) in [5, 5.41) is 7.90. The number of pyridine rings is 1. The van der Waals surface area contributed by atoms with Gasteiger partial charge in [-0.05, 0) is 24.6 Å². The number of halogens is 1. The van der Waals surface area contributed by atoms with Crippen LogP contribution in [0.5, 0.6) is 0 Å². The van der Waals surface area contributed by atoms with Crippen molar-refractivity contribution in [1.29, 1.82) is 0 Å². The number of hydrogen-bond acceptors (Lipinski definition) is 5. The third-order valence-corrected chi connectivity index (χ3v) is 3.41. The van der Waals surface area contributed by atoms with E-state index in [-0.39, 0.29) is 0 Å². The molecule has 0 fully saturated rings. The second kappa shape index (κ2) is 6.81. The molecular weight excluding hydrogens is 276 g/mol. The fourth-order valence-electron chi connectivity index (χ4n) is 1.98. The first-order chi connectivity index (χ1) is 9.61. The monoisotopic (exact) mass is 294 g/mol. The molecule has 2 heterocycles. The molecule has 20 heavy (non-hydrogen) atoms. The van der Waals surface area contributed by atoms with Crippen LogP contribution in [0.4, 0.5) is 0 Å². The predicted octanol–water partition coefficient (Wildman–Crippen LogP) is 2.96. The van der Waals surface area contributed by atoms with Crippen LogP contribution >= 0.6 is 11.6 Å². The molecule has 2 aromatic rings. The molecule has 0 amide bonds. The molecule has 0 bridgehead atoms. The first kappa shape index (κ1) is 14.9. The van der Waals surface area contributed by atoms with E-state index in [1.165, 1.54) is 0 Å². The van der Waals surface area contributed by atoms with E-state index in [9.17, 15) is 0 Å². The van der Waals surface area contributed by atoms with Crippen LogP contribution in [-0.2, 0) is 6.42 Å². The number of likely N-dealkylation sites (N-methyl/N-ethyl adjacent to an activating group) is 1. The first-order valence-electron chi connectivity index (χ1n) is 6.78. The normalized spacial score (nSPS) is 12.8. The predicted molar refractivity (Wildman–Crippen MR) is 78.5 cm³/mol. The van der Waals surface area contributed by atoms with E-state index in [1.54, 1.807) is 18.3 Å². The lowest BCUT2D eigenvalue weighted by Crippen LogP contribution is -2.35. The van der Waals surface area contributed by atoms with Crippen molar-refractivity contribution in [2.45, 2.75) is 33.2 Å². The van der Waals surface area contributed by atoms with Crippen LogP contribution in [-0.4, -0.2) is 27.7 Å². The average molecular weight is 295 g/mol. The highest BCUT2D eigenvalue weighted by Crippen LogP contribution is 2.22. The van der Waals surface area contributed by atoms with Gasteiger partial charge in [-0.15, -0.1) is 0 Å². The van der Waals surface area contributed by atoms with Crippen molar-refractivity contribution in [3.05, 3.63) is 29.2 Å². The molecule has 2 rings (SSSR count). The van der Waals surface area contributed by atoms with Gasteiger partial charge in [0.1, 0.15) is 5.69 Å². The maximum atomic E-state index is 6.08. The molecule has 1 atom stereocenters. The van der Waals surface area contributed by atoms with Crippen LogP contribution in [0.25, 0.3) is 11.5 Å². The zero-order valence-electron chi connectivity index (χ0n) is 11.9. The number of nitrogens with one attached hydrogen (secondary N) is 1. The van der Waals surface area contributed by atoms with E-state index in [0.717, 1.165) is 6.54 Å². The molecule has 0 aromatic carbocycles. The van der Waals surface area contributed by atoms with E-state index >= 15 is 0 Å². The van der Waals surface area contributed by atoms with Gasteiger partial charge in [0, 0.05) is 18.7 Å².